The van der Waals surface area contributed by atoms with Crippen LogP contribution in [0.1, 0.15) is 32.1 Å². The van der Waals surface area contributed by atoms with E-state index in [0.717, 1.165) is 31.8 Å². The predicted molar refractivity (Wildman–Crippen MR) is 44.5 cm³/mol. The van der Waals surface area contributed by atoms with E-state index in [4.69, 9.17) is 0 Å². The maximum Gasteiger partial charge on any atom is 0.0414 e. The average molecular weight is 170 g/mol. The number of hydrogen-bond donors (Lipinski definition) is 1. The van der Waals surface area contributed by atoms with E-state index in [1.807, 2.05) is 0 Å². The Morgan fingerprint density at radius 1 is 1.42 bits per heavy atom. The lowest BCUT2D eigenvalue weighted by Gasteiger charge is -2.22. The van der Waals surface area contributed by atoms with Crippen LogP contribution < -0.4 is 10.4 Å². The van der Waals surface area contributed by atoms with Gasteiger partial charge in [-0.15, -0.1) is 0 Å². The van der Waals surface area contributed by atoms with Gasteiger partial charge < -0.3 is 15.2 Å². The van der Waals surface area contributed by atoms with Crippen molar-refractivity contribution in [2.24, 2.45) is 5.92 Å². The zero-order chi connectivity index (χ0) is 8.81. The van der Waals surface area contributed by atoms with Crippen LogP contribution in [0.3, 0.4) is 0 Å². The molecule has 0 saturated carbocycles. The minimum absolute atomic E-state index is 0.226. The fraction of sp³-hybridized carbons (Fsp3) is 0.889. The quantitative estimate of drug-likeness (QED) is 0.641. The third-order valence-electron chi connectivity index (χ3n) is 2.45. The van der Waals surface area contributed by atoms with Gasteiger partial charge in [-0.25, -0.2) is 0 Å². The second kappa shape index (κ2) is 5.14. The predicted octanol–water partition coefficient (Wildman–Crippen LogP) is -0.0938. The van der Waals surface area contributed by atoms with E-state index < -0.39 is 5.97 Å². The van der Waals surface area contributed by atoms with Crippen molar-refractivity contribution >= 4 is 5.97 Å². The summed E-state index contributed by atoms with van der Waals surface area (Å²) < 4.78 is 0. The molecule has 3 nitrogen and oxygen atoms in total. The lowest BCUT2D eigenvalue weighted by atomic mass is 9.93. The normalized spacial score (nSPS) is 19.3. The Balaban J connectivity index is 2.01. The lowest BCUT2D eigenvalue weighted by molar-refractivity contribution is -0.305. The highest BCUT2D eigenvalue weighted by Gasteiger charge is 2.11. The van der Waals surface area contributed by atoms with E-state index in [2.05, 4.69) is 5.32 Å². The summed E-state index contributed by atoms with van der Waals surface area (Å²) in [4.78, 5) is 10.1. The molecule has 1 N–H and O–H groups in total. The summed E-state index contributed by atoms with van der Waals surface area (Å²) in [6, 6.07) is 0. The molecule has 1 aliphatic heterocycles. The van der Waals surface area contributed by atoms with Crippen molar-refractivity contribution < 1.29 is 9.90 Å². The number of piperidine rings is 1. The van der Waals surface area contributed by atoms with Crippen molar-refractivity contribution in [2.45, 2.75) is 32.1 Å². The van der Waals surface area contributed by atoms with Crippen molar-refractivity contribution in [1.82, 2.24) is 5.32 Å². The zero-order valence-corrected chi connectivity index (χ0v) is 7.34. The first-order valence-corrected chi connectivity index (χ1v) is 4.69. The molecule has 0 aromatic heterocycles. The average Bonchev–Trinajstić information content (AvgIpc) is 2.05. The summed E-state index contributed by atoms with van der Waals surface area (Å²) in [7, 11) is 0. The summed E-state index contributed by atoms with van der Waals surface area (Å²) in [6.45, 7) is 2.19. The van der Waals surface area contributed by atoms with Crippen LogP contribution in [0.2, 0.25) is 0 Å². The maximum absolute atomic E-state index is 10.1. The maximum atomic E-state index is 10.1. The van der Waals surface area contributed by atoms with Crippen molar-refractivity contribution in [2.75, 3.05) is 13.1 Å². The number of aliphatic carboxylic acids is 1. The molecule has 0 aromatic rings. The highest BCUT2D eigenvalue weighted by Crippen LogP contribution is 2.18. The summed E-state index contributed by atoms with van der Waals surface area (Å²) in [5.41, 5.74) is 0. The summed E-state index contributed by atoms with van der Waals surface area (Å²) in [6.07, 6.45) is 4.46. The van der Waals surface area contributed by atoms with E-state index >= 15 is 0 Å². The molecule has 12 heavy (non-hydrogen) atoms. The Labute approximate surface area is 73.2 Å². The molecule has 70 valence electrons. The molecule has 1 heterocycles. The first kappa shape index (κ1) is 9.52. The topological polar surface area (TPSA) is 52.2 Å². The molecule has 1 saturated heterocycles. The van der Waals surface area contributed by atoms with E-state index in [1.165, 1.54) is 12.8 Å². The van der Waals surface area contributed by atoms with Gasteiger partial charge in [0.2, 0.25) is 0 Å². The largest absolute Gasteiger partial charge is 0.550 e. The minimum atomic E-state index is -0.913. The molecule has 1 rings (SSSR count). The van der Waals surface area contributed by atoms with Crippen LogP contribution in [0.25, 0.3) is 0 Å². The Bertz CT molecular complexity index is 141. The summed E-state index contributed by atoms with van der Waals surface area (Å²) in [5.74, 6) is -0.172. The summed E-state index contributed by atoms with van der Waals surface area (Å²) in [5, 5.41) is 13.4. The standard InChI is InChI=1S/C9H17NO2/c11-9(12)3-1-2-8-4-6-10-7-5-8/h8,10H,1-7H2,(H,11,12)/p-1. The molecule has 0 amide bonds. The van der Waals surface area contributed by atoms with Gasteiger partial charge in [0.05, 0.1) is 0 Å². The van der Waals surface area contributed by atoms with Crippen LogP contribution in [0.15, 0.2) is 0 Å². The number of carbonyl (C=O) groups is 1. The molecule has 1 fully saturated rings. The lowest BCUT2D eigenvalue weighted by Crippen LogP contribution is -2.28. The molecule has 0 unspecified atom stereocenters. The second-order valence-corrected chi connectivity index (χ2v) is 3.46. The molecular weight excluding hydrogens is 154 g/mol. The highest BCUT2D eigenvalue weighted by atomic mass is 16.4. The number of carbonyl (C=O) groups excluding carboxylic acids is 1. The minimum Gasteiger partial charge on any atom is -0.550 e. The number of carboxylic acid groups (broad SMARTS) is 1. The molecule has 0 aliphatic carbocycles. The van der Waals surface area contributed by atoms with Crippen LogP contribution in [0.4, 0.5) is 0 Å². The van der Waals surface area contributed by atoms with Gasteiger partial charge in [0, 0.05) is 5.97 Å². The SMILES string of the molecule is O=C([O-])CCCC1CCNCC1. The van der Waals surface area contributed by atoms with Crippen molar-refractivity contribution in [3.63, 3.8) is 0 Å². The van der Waals surface area contributed by atoms with Crippen molar-refractivity contribution in [3.05, 3.63) is 0 Å². The Morgan fingerprint density at radius 2 is 2.08 bits per heavy atom. The van der Waals surface area contributed by atoms with E-state index in [1.54, 1.807) is 0 Å². The smallest absolute Gasteiger partial charge is 0.0414 e. The Kier molecular flexibility index (Phi) is 4.08. The second-order valence-electron chi connectivity index (χ2n) is 3.46. The van der Waals surface area contributed by atoms with Crippen LogP contribution >= 0.6 is 0 Å². The fourth-order valence-corrected chi connectivity index (χ4v) is 1.71. The van der Waals surface area contributed by atoms with Gasteiger partial charge in [0.15, 0.2) is 0 Å². The molecular formula is C9H16NO2-. The van der Waals surface area contributed by atoms with E-state index in [-0.39, 0.29) is 6.42 Å². The van der Waals surface area contributed by atoms with Crippen LogP contribution in [-0.4, -0.2) is 19.1 Å². The third-order valence-corrected chi connectivity index (χ3v) is 2.45. The third kappa shape index (κ3) is 3.72. The summed E-state index contributed by atoms with van der Waals surface area (Å²) >= 11 is 0. The first-order valence-electron chi connectivity index (χ1n) is 4.69. The molecule has 0 aromatic carbocycles. The van der Waals surface area contributed by atoms with Gasteiger partial charge in [0.1, 0.15) is 0 Å². The molecule has 0 bridgehead atoms. The first-order chi connectivity index (χ1) is 5.79. The van der Waals surface area contributed by atoms with E-state index in [9.17, 15) is 9.90 Å². The van der Waals surface area contributed by atoms with Gasteiger partial charge in [-0.3, -0.25) is 0 Å². The van der Waals surface area contributed by atoms with Gasteiger partial charge in [0.25, 0.3) is 0 Å². The van der Waals surface area contributed by atoms with Crippen LogP contribution in [0, 0.1) is 5.92 Å². The Hall–Kier alpha value is -0.570. The Morgan fingerprint density at radius 3 is 2.67 bits per heavy atom. The monoisotopic (exact) mass is 170 g/mol. The molecule has 0 spiro atoms. The van der Waals surface area contributed by atoms with Gasteiger partial charge in [-0.1, -0.05) is 0 Å². The highest BCUT2D eigenvalue weighted by molar-refractivity contribution is 5.64. The van der Waals surface area contributed by atoms with Gasteiger partial charge >= 0.3 is 0 Å². The van der Waals surface area contributed by atoms with Gasteiger partial charge in [-0.2, -0.15) is 0 Å². The number of carboxylic acids is 1. The zero-order valence-electron chi connectivity index (χ0n) is 7.34. The molecule has 3 heteroatoms. The fourth-order valence-electron chi connectivity index (χ4n) is 1.71. The van der Waals surface area contributed by atoms with Crippen LogP contribution in [0.5, 0.6) is 0 Å². The van der Waals surface area contributed by atoms with Crippen LogP contribution in [-0.2, 0) is 4.79 Å². The van der Waals surface area contributed by atoms with Crippen molar-refractivity contribution in [1.29, 1.82) is 0 Å². The molecule has 0 radical (unpaired) electrons. The molecule has 0 atom stereocenters. The van der Waals surface area contributed by atoms with Crippen molar-refractivity contribution in [3.8, 4) is 0 Å². The van der Waals surface area contributed by atoms with E-state index in [0.29, 0.717) is 0 Å². The van der Waals surface area contributed by atoms with Gasteiger partial charge in [-0.05, 0) is 51.1 Å². The molecule has 1 aliphatic rings. The number of hydrogen-bond acceptors (Lipinski definition) is 3. The number of nitrogens with one attached hydrogen (secondary N) is 1. The number of rotatable bonds is 4.